The van der Waals surface area contributed by atoms with Crippen molar-refractivity contribution in [2.75, 3.05) is 24.8 Å². The van der Waals surface area contributed by atoms with Crippen molar-refractivity contribution < 1.29 is 14.9 Å². The highest BCUT2D eigenvalue weighted by Crippen LogP contribution is 2.38. The van der Waals surface area contributed by atoms with Gasteiger partial charge in [-0.1, -0.05) is 0 Å². The molecule has 0 aromatic carbocycles. The third-order valence-electron chi connectivity index (χ3n) is 5.41. The van der Waals surface area contributed by atoms with E-state index in [1.807, 2.05) is 19.9 Å². The van der Waals surface area contributed by atoms with Gasteiger partial charge >= 0.3 is 0 Å². The van der Waals surface area contributed by atoms with E-state index in [9.17, 15) is 10.2 Å². The fourth-order valence-corrected chi connectivity index (χ4v) is 5.09. The third-order valence-corrected chi connectivity index (χ3v) is 6.45. The van der Waals surface area contributed by atoms with Gasteiger partial charge in [0.25, 0.3) is 0 Å². The summed E-state index contributed by atoms with van der Waals surface area (Å²) in [5, 5.41) is 24.3. The van der Waals surface area contributed by atoms with Crippen LogP contribution in [0.5, 0.6) is 0 Å². The minimum Gasteiger partial charge on any atom is -0.396 e. The van der Waals surface area contributed by atoms with Crippen molar-refractivity contribution in [2.24, 2.45) is 5.92 Å². The number of aliphatic hydroxyl groups is 2. The lowest BCUT2D eigenvalue weighted by Gasteiger charge is -2.22. The van der Waals surface area contributed by atoms with E-state index in [1.54, 1.807) is 6.20 Å². The number of fused-ring (bicyclic) bond motifs is 1. The highest BCUT2D eigenvalue weighted by molar-refractivity contribution is 7.21. The number of nitrogen functional groups attached to an aromatic ring is 1. The summed E-state index contributed by atoms with van der Waals surface area (Å²) in [5.41, 5.74) is 9.04. The molecule has 154 valence electrons. The van der Waals surface area contributed by atoms with Crippen molar-refractivity contribution in [3.05, 3.63) is 23.7 Å². The Morgan fingerprint density at radius 1 is 1.28 bits per heavy atom. The number of methoxy groups -OCH3 is 1. The minimum absolute atomic E-state index is 0.0598. The number of nitrogens with two attached hydrogens (primary N) is 1. The topological polar surface area (TPSA) is 139 Å². The highest BCUT2D eigenvalue weighted by Gasteiger charge is 2.43. The molecule has 4 atom stereocenters. The second-order valence-corrected chi connectivity index (χ2v) is 8.30. The molecule has 5 N–H and O–H groups in total. The molecular formula is C19H24N6O3S. The monoisotopic (exact) mass is 416 g/mol. The van der Waals surface area contributed by atoms with Crippen molar-refractivity contribution in [3.63, 3.8) is 0 Å². The first-order valence-corrected chi connectivity index (χ1v) is 10.2. The molecule has 0 bridgehead atoms. The number of hydrogen-bond donors (Lipinski definition) is 4. The molecule has 1 aliphatic carbocycles. The van der Waals surface area contributed by atoms with Gasteiger partial charge in [0.05, 0.1) is 33.8 Å². The maximum atomic E-state index is 10.7. The van der Waals surface area contributed by atoms with E-state index >= 15 is 0 Å². The summed E-state index contributed by atoms with van der Waals surface area (Å²) in [6.07, 6.45) is 1.07. The lowest BCUT2D eigenvalue weighted by atomic mass is 10.1. The molecule has 9 nitrogen and oxygen atoms in total. The van der Waals surface area contributed by atoms with Gasteiger partial charge in [-0.3, -0.25) is 4.98 Å². The van der Waals surface area contributed by atoms with Crippen LogP contribution in [0.3, 0.4) is 0 Å². The molecule has 3 aromatic heterocycles. The van der Waals surface area contributed by atoms with E-state index in [1.165, 1.54) is 18.4 Å². The van der Waals surface area contributed by atoms with Gasteiger partial charge in [0.1, 0.15) is 22.4 Å². The molecule has 1 fully saturated rings. The molecule has 0 aliphatic heterocycles. The van der Waals surface area contributed by atoms with Gasteiger partial charge in [0.2, 0.25) is 5.95 Å². The van der Waals surface area contributed by atoms with E-state index in [2.05, 4.69) is 20.3 Å². The molecule has 29 heavy (non-hydrogen) atoms. The number of hydrogen-bond acceptors (Lipinski definition) is 10. The number of thiazole rings is 1. The number of pyridine rings is 1. The van der Waals surface area contributed by atoms with Crippen LogP contribution in [0.1, 0.15) is 17.8 Å². The number of nitrogens with zero attached hydrogens (tertiary/aromatic N) is 4. The zero-order valence-electron chi connectivity index (χ0n) is 16.5. The van der Waals surface area contributed by atoms with Gasteiger partial charge in [-0.05, 0) is 26.3 Å². The van der Waals surface area contributed by atoms with Crippen LogP contribution in [0.4, 0.5) is 11.8 Å². The van der Waals surface area contributed by atoms with Gasteiger partial charge < -0.3 is 26.0 Å². The first-order chi connectivity index (χ1) is 13.9. The average molecular weight is 417 g/mol. The largest absolute Gasteiger partial charge is 0.396 e. The van der Waals surface area contributed by atoms with E-state index < -0.39 is 12.2 Å². The Morgan fingerprint density at radius 3 is 2.72 bits per heavy atom. The molecular weight excluding hydrogens is 392 g/mol. The van der Waals surface area contributed by atoms with Crippen LogP contribution in [-0.2, 0) is 4.74 Å². The van der Waals surface area contributed by atoms with E-state index in [-0.39, 0.29) is 24.5 Å². The molecule has 4 rings (SSSR count). The summed E-state index contributed by atoms with van der Waals surface area (Å²) in [5.74, 6) is 0.492. The Bertz CT molecular complexity index is 1040. The van der Waals surface area contributed by atoms with Crippen molar-refractivity contribution in [1.29, 1.82) is 0 Å². The Balaban J connectivity index is 1.75. The molecule has 10 heteroatoms. The van der Waals surface area contributed by atoms with Crippen molar-refractivity contribution >= 4 is 33.3 Å². The molecule has 0 amide bonds. The van der Waals surface area contributed by atoms with Crippen LogP contribution in [0.2, 0.25) is 0 Å². The Kier molecular flexibility index (Phi) is 5.34. The number of aliphatic hydroxyl groups excluding tert-OH is 2. The molecule has 3 aromatic rings. The second-order valence-electron chi connectivity index (χ2n) is 7.27. The second kappa shape index (κ2) is 7.79. The van der Waals surface area contributed by atoms with Crippen molar-refractivity contribution in [3.8, 4) is 10.6 Å². The van der Waals surface area contributed by atoms with Crippen LogP contribution < -0.4 is 11.1 Å². The van der Waals surface area contributed by atoms with Crippen LogP contribution in [-0.4, -0.2) is 62.1 Å². The van der Waals surface area contributed by atoms with E-state index in [0.717, 1.165) is 26.5 Å². The number of aromatic nitrogens is 4. The molecule has 3 heterocycles. The SMILES string of the molecule is COC1C(CO)CC(Nc2nc(N)nc(C)c2-c2nc3c(C)nccc3s2)C1O. The van der Waals surface area contributed by atoms with Gasteiger partial charge in [0, 0.05) is 25.8 Å². The first-order valence-electron chi connectivity index (χ1n) is 9.37. The lowest BCUT2D eigenvalue weighted by Crippen LogP contribution is -2.37. The van der Waals surface area contributed by atoms with E-state index in [4.69, 9.17) is 15.5 Å². The number of nitrogens with one attached hydrogen (secondary N) is 1. The van der Waals surface area contributed by atoms with Gasteiger partial charge in [-0.15, -0.1) is 11.3 Å². The number of aryl methyl sites for hydroxylation is 2. The molecule has 1 aliphatic rings. The summed E-state index contributed by atoms with van der Waals surface area (Å²) in [7, 11) is 1.54. The lowest BCUT2D eigenvalue weighted by molar-refractivity contribution is -0.0259. The van der Waals surface area contributed by atoms with E-state index in [0.29, 0.717) is 17.9 Å². The summed E-state index contributed by atoms with van der Waals surface area (Å²) < 4.78 is 6.41. The molecule has 0 spiro atoms. The molecule has 1 saturated carbocycles. The Hall–Kier alpha value is -2.40. The third kappa shape index (κ3) is 3.52. The fraction of sp³-hybridized carbons (Fsp3) is 0.474. The van der Waals surface area contributed by atoms with Crippen LogP contribution in [0.25, 0.3) is 20.8 Å². The predicted molar refractivity (Wildman–Crippen MR) is 112 cm³/mol. The summed E-state index contributed by atoms with van der Waals surface area (Å²) in [6.45, 7) is 3.72. The van der Waals surface area contributed by atoms with Gasteiger partial charge in [-0.25, -0.2) is 9.97 Å². The van der Waals surface area contributed by atoms with Gasteiger partial charge in [0.15, 0.2) is 0 Å². The fourth-order valence-electron chi connectivity index (χ4n) is 3.98. The molecule has 0 radical (unpaired) electrons. The number of ether oxygens (including phenoxy) is 1. The van der Waals surface area contributed by atoms with Crippen molar-refractivity contribution in [1.82, 2.24) is 19.9 Å². The number of rotatable bonds is 5. The standard InChI is InChI=1S/C19H24N6O3S/c1-8-13(18-24-14-9(2)21-5-4-12(14)29-18)17(25-19(20)22-8)23-11-6-10(7-26)16(28-3)15(11)27/h4-5,10-11,15-16,26-27H,6-7H2,1-3H3,(H3,20,22,23,25). The molecule has 4 unspecified atom stereocenters. The zero-order chi connectivity index (χ0) is 20.7. The smallest absolute Gasteiger partial charge is 0.222 e. The normalized spacial score (nSPS) is 24.3. The van der Waals surface area contributed by atoms with Gasteiger partial charge in [-0.2, -0.15) is 4.98 Å². The summed E-state index contributed by atoms with van der Waals surface area (Å²) >= 11 is 1.53. The maximum Gasteiger partial charge on any atom is 0.222 e. The number of anilines is 2. The predicted octanol–water partition coefficient (Wildman–Crippen LogP) is 1.52. The van der Waals surface area contributed by atoms with Crippen LogP contribution in [0, 0.1) is 19.8 Å². The average Bonchev–Trinajstić information content (AvgIpc) is 3.23. The summed E-state index contributed by atoms with van der Waals surface area (Å²) in [6, 6.07) is 1.59. The Labute approximate surface area is 172 Å². The quantitative estimate of drug-likeness (QED) is 0.487. The van der Waals surface area contributed by atoms with Crippen LogP contribution in [0.15, 0.2) is 12.3 Å². The maximum absolute atomic E-state index is 10.7. The summed E-state index contributed by atoms with van der Waals surface area (Å²) in [4.78, 5) is 17.8. The highest BCUT2D eigenvalue weighted by atomic mass is 32.1. The minimum atomic E-state index is -0.789. The zero-order valence-corrected chi connectivity index (χ0v) is 17.3. The van der Waals surface area contributed by atoms with Crippen LogP contribution >= 0.6 is 11.3 Å². The van der Waals surface area contributed by atoms with Crippen molar-refractivity contribution in [2.45, 2.75) is 38.5 Å². The first kappa shape index (κ1) is 19.9. The molecule has 0 saturated heterocycles. The Morgan fingerprint density at radius 2 is 2.07 bits per heavy atom.